The first-order chi connectivity index (χ1) is 14.0. The van der Waals surface area contributed by atoms with Crippen LogP contribution in [0.4, 0.5) is 0 Å². The van der Waals surface area contributed by atoms with Gasteiger partial charge in [0.25, 0.3) is 0 Å². The molecule has 0 spiro atoms. The van der Waals surface area contributed by atoms with Crippen molar-refractivity contribution in [1.82, 2.24) is 19.4 Å². The van der Waals surface area contributed by atoms with Crippen molar-refractivity contribution in [2.75, 3.05) is 18.8 Å². The summed E-state index contributed by atoms with van der Waals surface area (Å²) in [5, 5.41) is 0.734. The predicted molar refractivity (Wildman–Crippen MR) is 118 cm³/mol. The molecule has 2 amide bonds. The maximum Gasteiger partial charge on any atom is 0.243 e. The number of likely N-dealkylation sites (tertiary alicyclic amines) is 1. The molecule has 1 aromatic carbocycles. The molecular formula is C22H32N4O2S. The van der Waals surface area contributed by atoms with E-state index in [-0.39, 0.29) is 30.4 Å². The number of carbonyl (C=O) groups is 2. The number of thioether (sulfide) groups is 1. The third-order valence-electron chi connectivity index (χ3n) is 5.84. The molecule has 1 fully saturated rings. The van der Waals surface area contributed by atoms with E-state index in [1.165, 1.54) is 18.2 Å². The Morgan fingerprint density at radius 1 is 1.14 bits per heavy atom. The van der Waals surface area contributed by atoms with Crippen LogP contribution in [0, 0.1) is 0 Å². The van der Waals surface area contributed by atoms with Crippen molar-refractivity contribution in [3.8, 4) is 0 Å². The third kappa shape index (κ3) is 4.77. The number of nitrogens with zero attached hydrogens (tertiary/aromatic N) is 4. The highest BCUT2D eigenvalue weighted by atomic mass is 32.2. The first-order valence-electron chi connectivity index (χ1n) is 10.6. The largest absolute Gasteiger partial charge is 0.343 e. The van der Waals surface area contributed by atoms with Crippen LogP contribution >= 0.6 is 11.8 Å². The summed E-state index contributed by atoms with van der Waals surface area (Å²) in [4.78, 5) is 34.2. The lowest BCUT2D eigenvalue weighted by Crippen LogP contribution is -2.48. The van der Waals surface area contributed by atoms with Gasteiger partial charge in [0.2, 0.25) is 11.8 Å². The number of aromatic nitrogens is 2. The molecule has 0 bridgehead atoms. The molecule has 2 aromatic rings. The minimum atomic E-state index is 0.100. The van der Waals surface area contributed by atoms with Crippen LogP contribution in [-0.2, 0) is 16.1 Å². The molecule has 6 nitrogen and oxygen atoms in total. The highest BCUT2D eigenvalue weighted by Gasteiger charge is 2.29. The molecule has 2 heterocycles. The number of amides is 2. The Hall–Kier alpha value is -2.02. The molecule has 2 atom stereocenters. The van der Waals surface area contributed by atoms with E-state index in [1.807, 2.05) is 52.5 Å². The molecule has 158 valence electrons. The summed E-state index contributed by atoms with van der Waals surface area (Å²) in [5.74, 6) is 0.559. The van der Waals surface area contributed by atoms with E-state index in [2.05, 4.69) is 13.8 Å². The Kier molecular flexibility index (Phi) is 7.22. The van der Waals surface area contributed by atoms with Gasteiger partial charge in [-0.25, -0.2) is 4.98 Å². The minimum Gasteiger partial charge on any atom is -0.343 e. The number of hydrogen-bond acceptors (Lipinski definition) is 4. The number of piperidine rings is 1. The molecule has 0 unspecified atom stereocenters. The van der Waals surface area contributed by atoms with Gasteiger partial charge in [-0.1, -0.05) is 23.9 Å². The monoisotopic (exact) mass is 416 g/mol. The van der Waals surface area contributed by atoms with Gasteiger partial charge >= 0.3 is 0 Å². The highest BCUT2D eigenvalue weighted by Crippen LogP contribution is 2.27. The van der Waals surface area contributed by atoms with E-state index in [0.29, 0.717) is 18.8 Å². The zero-order chi connectivity index (χ0) is 21.0. The standard InChI is InChI=1S/C22H32N4O2S/c1-5-24(6-2)21(28)15-29-22-23-18-12-7-8-13-19(18)25(22)14-20(27)26-16(3)10-9-11-17(26)4/h7-8,12-13,16-17H,5-6,9-11,14-15H2,1-4H3/t16-,17-/m0/s1. The number of para-hydroxylation sites is 2. The summed E-state index contributed by atoms with van der Waals surface area (Å²) in [5.41, 5.74) is 1.80. The Balaban J connectivity index is 1.83. The second kappa shape index (κ2) is 9.65. The zero-order valence-electron chi connectivity index (χ0n) is 17.9. The zero-order valence-corrected chi connectivity index (χ0v) is 18.7. The molecule has 0 aliphatic carbocycles. The van der Waals surface area contributed by atoms with Gasteiger partial charge in [-0.15, -0.1) is 0 Å². The minimum absolute atomic E-state index is 0.100. The summed E-state index contributed by atoms with van der Waals surface area (Å²) in [7, 11) is 0. The van der Waals surface area contributed by atoms with Gasteiger partial charge in [0, 0.05) is 25.2 Å². The number of benzene rings is 1. The van der Waals surface area contributed by atoms with E-state index in [4.69, 9.17) is 4.98 Å². The Bertz CT molecular complexity index is 852. The summed E-state index contributed by atoms with van der Waals surface area (Å²) in [6.45, 7) is 9.92. The summed E-state index contributed by atoms with van der Waals surface area (Å²) >= 11 is 1.42. The van der Waals surface area contributed by atoms with Crippen molar-refractivity contribution in [2.45, 2.75) is 70.7 Å². The van der Waals surface area contributed by atoms with Gasteiger partial charge in [0.15, 0.2) is 5.16 Å². The lowest BCUT2D eigenvalue weighted by atomic mass is 9.97. The second-order valence-corrected chi connectivity index (χ2v) is 8.70. The summed E-state index contributed by atoms with van der Waals surface area (Å²) < 4.78 is 1.98. The molecule has 3 rings (SSSR count). The van der Waals surface area contributed by atoms with Crippen molar-refractivity contribution < 1.29 is 9.59 Å². The topological polar surface area (TPSA) is 58.4 Å². The Labute approximate surface area is 177 Å². The molecule has 1 aromatic heterocycles. The lowest BCUT2D eigenvalue weighted by molar-refractivity contribution is -0.138. The van der Waals surface area contributed by atoms with Crippen molar-refractivity contribution in [1.29, 1.82) is 0 Å². The maximum absolute atomic E-state index is 13.2. The second-order valence-electron chi connectivity index (χ2n) is 7.75. The number of imidazole rings is 1. The van der Waals surface area contributed by atoms with Gasteiger partial charge in [-0.2, -0.15) is 0 Å². The first-order valence-corrected chi connectivity index (χ1v) is 11.6. The lowest BCUT2D eigenvalue weighted by Gasteiger charge is -2.39. The molecule has 1 aliphatic rings. The average molecular weight is 417 g/mol. The normalized spacial score (nSPS) is 19.5. The molecule has 29 heavy (non-hydrogen) atoms. The van der Waals surface area contributed by atoms with E-state index < -0.39 is 0 Å². The van der Waals surface area contributed by atoms with E-state index in [1.54, 1.807) is 0 Å². The van der Waals surface area contributed by atoms with Crippen LogP contribution in [0.1, 0.15) is 47.0 Å². The van der Waals surface area contributed by atoms with Crippen molar-refractivity contribution in [3.63, 3.8) is 0 Å². The van der Waals surface area contributed by atoms with Crippen molar-refractivity contribution in [3.05, 3.63) is 24.3 Å². The highest BCUT2D eigenvalue weighted by molar-refractivity contribution is 7.99. The molecule has 1 aliphatic heterocycles. The van der Waals surface area contributed by atoms with Crippen molar-refractivity contribution >= 4 is 34.6 Å². The molecule has 0 N–H and O–H groups in total. The Morgan fingerprint density at radius 2 is 1.79 bits per heavy atom. The maximum atomic E-state index is 13.2. The SMILES string of the molecule is CCN(CC)C(=O)CSc1nc2ccccc2n1CC(=O)N1[C@@H](C)CCC[C@@H]1C. The summed E-state index contributed by atoms with van der Waals surface area (Å²) in [6.07, 6.45) is 3.29. The third-order valence-corrected chi connectivity index (χ3v) is 6.80. The number of carbonyl (C=O) groups excluding carboxylic acids is 2. The van der Waals surface area contributed by atoms with Gasteiger partial charge < -0.3 is 14.4 Å². The van der Waals surface area contributed by atoms with Crippen LogP contribution in [0.5, 0.6) is 0 Å². The van der Waals surface area contributed by atoms with Crippen molar-refractivity contribution in [2.24, 2.45) is 0 Å². The molecule has 7 heteroatoms. The fraction of sp³-hybridized carbons (Fsp3) is 0.591. The van der Waals surface area contributed by atoms with Crippen LogP contribution in [0.3, 0.4) is 0 Å². The van der Waals surface area contributed by atoms with E-state index in [0.717, 1.165) is 29.0 Å². The molecule has 0 saturated carbocycles. The van der Waals surface area contributed by atoms with Gasteiger partial charge in [0.1, 0.15) is 6.54 Å². The van der Waals surface area contributed by atoms with Crippen LogP contribution < -0.4 is 0 Å². The summed E-state index contributed by atoms with van der Waals surface area (Å²) in [6, 6.07) is 8.40. The average Bonchev–Trinajstić information content (AvgIpc) is 3.04. The Morgan fingerprint density at radius 3 is 2.45 bits per heavy atom. The number of rotatable bonds is 7. The molecular weight excluding hydrogens is 384 g/mol. The molecule has 0 radical (unpaired) electrons. The van der Waals surface area contributed by atoms with Crippen LogP contribution in [0.25, 0.3) is 11.0 Å². The van der Waals surface area contributed by atoms with Gasteiger partial charge in [-0.05, 0) is 59.1 Å². The fourth-order valence-corrected chi connectivity index (χ4v) is 5.16. The fourth-order valence-electron chi connectivity index (χ4n) is 4.24. The van der Waals surface area contributed by atoms with Crippen LogP contribution in [0.15, 0.2) is 29.4 Å². The van der Waals surface area contributed by atoms with Gasteiger partial charge in [0.05, 0.1) is 16.8 Å². The predicted octanol–water partition coefficient (Wildman–Crippen LogP) is 3.79. The van der Waals surface area contributed by atoms with E-state index >= 15 is 0 Å². The van der Waals surface area contributed by atoms with Crippen LogP contribution in [0.2, 0.25) is 0 Å². The quantitative estimate of drug-likeness (QED) is 0.645. The number of fused-ring (bicyclic) bond motifs is 1. The molecule has 1 saturated heterocycles. The number of hydrogen-bond donors (Lipinski definition) is 0. The first kappa shape index (κ1) is 21.7. The van der Waals surface area contributed by atoms with Gasteiger partial charge in [-0.3, -0.25) is 9.59 Å². The smallest absolute Gasteiger partial charge is 0.243 e. The van der Waals surface area contributed by atoms with E-state index in [9.17, 15) is 9.59 Å². The van der Waals surface area contributed by atoms with Crippen LogP contribution in [-0.4, -0.2) is 62.1 Å².